The van der Waals surface area contributed by atoms with Crippen molar-refractivity contribution < 1.29 is 9.47 Å². The van der Waals surface area contributed by atoms with Gasteiger partial charge in [0.05, 0.1) is 13.2 Å². The second-order valence-corrected chi connectivity index (χ2v) is 15.0. The normalized spacial score (nSPS) is 19.8. The van der Waals surface area contributed by atoms with Crippen molar-refractivity contribution in [2.75, 3.05) is 102 Å². The van der Waals surface area contributed by atoms with Crippen LogP contribution < -0.4 is 19.6 Å². The smallest absolute Gasteiger partial charge is 0.0503 e. The maximum atomic E-state index is 6.30. The van der Waals surface area contributed by atoms with E-state index in [2.05, 4.69) is 125 Å². The third-order valence-corrected chi connectivity index (χ3v) is 10.5. The molecule has 0 saturated heterocycles. The Morgan fingerprint density at radius 2 is 0.915 bits per heavy atom. The quantitative estimate of drug-likeness (QED) is 0.0945. The van der Waals surface area contributed by atoms with Crippen LogP contribution in [0, 0.1) is 23.7 Å². The Morgan fingerprint density at radius 1 is 0.511 bits per heavy atom. The molecule has 0 amide bonds. The van der Waals surface area contributed by atoms with E-state index in [1.54, 1.807) is 0 Å². The van der Waals surface area contributed by atoms with Crippen LogP contribution in [0.4, 0.5) is 22.7 Å². The largest absolute Gasteiger partial charge is 0.381 e. The van der Waals surface area contributed by atoms with Gasteiger partial charge >= 0.3 is 0 Å². The Morgan fingerprint density at radius 3 is 1.30 bits per heavy atom. The van der Waals surface area contributed by atoms with Gasteiger partial charge in [-0.2, -0.15) is 0 Å². The molecule has 6 nitrogen and oxygen atoms in total. The zero-order chi connectivity index (χ0) is 33.8. The molecule has 4 atom stereocenters. The molecule has 0 unspecified atom stereocenters. The summed E-state index contributed by atoms with van der Waals surface area (Å²) in [5, 5.41) is 0. The molecule has 2 aromatic carbocycles. The van der Waals surface area contributed by atoms with Crippen LogP contribution in [0.25, 0.3) is 0 Å². The molecule has 0 spiro atoms. The van der Waals surface area contributed by atoms with E-state index in [4.69, 9.17) is 9.47 Å². The average molecular weight is 647 g/mol. The monoisotopic (exact) mass is 647 g/mol. The minimum atomic E-state index is 0.627. The summed E-state index contributed by atoms with van der Waals surface area (Å²) in [5.41, 5.74) is 8.16. The first-order chi connectivity index (χ1) is 22.7. The van der Waals surface area contributed by atoms with Gasteiger partial charge in [-0.3, -0.25) is 0 Å². The maximum absolute atomic E-state index is 6.30. The summed E-state index contributed by atoms with van der Waals surface area (Å²) < 4.78 is 12.6. The Hall–Kier alpha value is -2.70. The van der Waals surface area contributed by atoms with Crippen LogP contribution >= 0.6 is 0 Å². The number of anilines is 4. The van der Waals surface area contributed by atoms with Gasteiger partial charge in [0.25, 0.3) is 0 Å². The number of benzene rings is 2. The van der Waals surface area contributed by atoms with E-state index in [0.717, 1.165) is 52.1 Å². The number of aryl methyl sites for hydroxylation is 2. The van der Waals surface area contributed by atoms with Gasteiger partial charge in [-0.1, -0.05) is 37.8 Å². The lowest BCUT2D eigenvalue weighted by Crippen LogP contribution is -2.28. The van der Waals surface area contributed by atoms with Crippen LogP contribution in [-0.2, 0) is 22.3 Å². The molecule has 0 heterocycles. The van der Waals surface area contributed by atoms with Crippen LogP contribution in [0.1, 0.15) is 68.9 Å². The number of unbranched alkanes of at least 4 members (excludes halogenated alkanes) is 6. The second-order valence-electron chi connectivity index (χ2n) is 15.0. The number of fused-ring (bicyclic) bond motifs is 2. The molecule has 2 aromatic rings. The van der Waals surface area contributed by atoms with E-state index in [0.29, 0.717) is 23.7 Å². The number of allylic oxidation sites excluding steroid dienone is 2. The van der Waals surface area contributed by atoms with Gasteiger partial charge in [-0.15, -0.1) is 0 Å². The van der Waals surface area contributed by atoms with Crippen molar-refractivity contribution in [3.05, 3.63) is 59.7 Å². The van der Waals surface area contributed by atoms with Crippen molar-refractivity contribution >= 4 is 22.7 Å². The molecule has 0 N–H and O–H groups in total. The van der Waals surface area contributed by atoms with Gasteiger partial charge < -0.3 is 29.1 Å². The summed E-state index contributed by atoms with van der Waals surface area (Å²) in [7, 11) is 17.0. The first-order valence-electron chi connectivity index (χ1n) is 18.4. The number of ether oxygens (including phenoxy) is 2. The molecule has 0 aromatic heterocycles. The number of hydrogen-bond acceptors (Lipinski definition) is 6. The molecule has 2 bridgehead atoms. The summed E-state index contributed by atoms with van der Waals surface area (Å²) >= 11 is 0. The average Bonchev–Trinajstić information content (AvgIpc) is 3.65. The van der Waals surface area contributed by atoms with Gasteiger partial charge in [0.2, 0.25) is 0 Å². The molecule has 0 radical (unpaired) electrons. The van der Waals surface area contributed by atoms with Crippen LogP contribution in [0.3, 0.4) is 0 Å². The van der Waals surface area contributed by atoms with Crippen LogP contribution in [0.2, 0.25) is 0 Å². The van der Waals surface area contributed by atoms with Crippen molar-refractivity contribution in [3.63, 3.8) is 0 Å². The van der Waals surface area contributed by atoms with Crippen molar-refractivity contribution in [2.24, 2.45) is 23.7 Å². The van der Waals surface area contributed by atoms with Gasteiger partial charge in [0.15, 0.2) is 0 Å². The highest BCUT2D eigenvalue weighted by Gasteiger charge is 2.44. The topological polar surface area (TPSA) is 31.4 Å². The molecule has 47 heavy (non-hydrogen) atoms. The SMILES string of the molecule is CN(C)c1ccc(N(C)C)c(CCCCCCOC[C@@H]2[C@H](COCCCCCCc3cc(N(C)C)ccc3N(C)C)[C@@H]3C=C[C@H]2C3)c1. The molecular formula is C41H66N4O2. The predicted molar refractivity (Wildman–Crippen MR) is 204 cm³/mol. The van der Waals surface area contributed by atoms with E-state index in [1.807, 2.05) is 0 Å². The van der Waals surface area contributed by atoms with Crippen molar-refractivity contribution in [1.82, 2.24) is 0 Å². The van der Waals surface area contributed by atoms with Gasteiger partial charge in [0, 0.05) is 92.3 Å². The molecule has 0 aliphatic heterocycles. The van der Waals surface area contributed by atoms with E-state index in [1.165, 1.54) is 78.8 Å². The fourth-order valence-electron chi connectivity index (χ4n) is 7.68. The third-order valence-electron chi connectivity index (χ3n) is 10.5. The lowest BCUT2D eigenvalue weighted by Gasteiger charge is -2.28. The Balaban J connectivity index is 1.07. The first-order valence-corrected chi connectivity index (χ1v) is 18.4. The molecule has 6 heteroatoms. The lowest BCUT2D eigenvalue weighted by atomic mass is 9.84. The van der Waals surface area contributed by atoms with E-state index in [-0.39, 0.29) is 0 Å². The molecule has 262 valence electrons. The second kappa shape index (κ2) is 18.7. The molecule has 2 aliphatic rings. The zero-order valence-corrected chi connectivity index (χ0v) is 31.1. The van der Waals surface area contributed by atoms with Crippen LogP contribution in [0.5, 0.6) is 0 Å². The zero-order valence-electron chi connectivity index (χ0n) is 31.1. The summed E-state index contributed by atoms with van der Waals surface area (Å²) in [6.07, 6.45) is 18.3. The van der Waals surface area contributed by atoms with Crippen LogP contribution in [0.15, 0.2) is 48.6 Å². The summed E-state index contributed by atoms with van der Waals surface area (Å²) in [5.74, 6) is 2.63. The molecule has 2 aliphatic carbocycles. The third kappa shape index (κ3) is 10.9. The van der Waals surface area contributed by atoms with Crippen molar-refractivity contribution in [1.29, 1.82) is 0 Å². The number of rotatable bonds is 22. The molecule has 4 rings (SSSR count). The highest BCUT2D eigenvalue weighted by atomic mass is 16.5. The Kier molecular flexibility index (Phi) is 14.8. The van der Waals surface area contributed by atoms with E-state index < -0.39 is 0 Å². The first kappa shape index (κ1) is 37.1. The van der Waals surface area contributed by atoms with Gasteiger partial charge in [0.1, 0.15) is 0 Å². The van der Waals surface area contributed by atoms with Gasteiger partial charge in [-0.05, 0) is 116 Å². The predicted octanol–water partition coefficient (Wildman–Crippen LogP) is 8.33. The standard InChI is InChI=1S/C41H66N4O2/c1-42(2)36-21-23-40(44(5)6)34(28-36)17-13-9-11-15-25-46-30-38-32-19-20-33(27-32)39(38)31-47-26-16-12-10-14-18-35-29-37(43(3)4)22-24-41(35)45(7)8/h19-24,28-29,32-33,38-39H,9-18,25-27,30-31H2,1-8H3/t32-,33+,38-,39+. The van der Waals surface area contributed by atoms with E-state index in [9.17, 15) is 0 Å². The number of hydrogen-bond donors (Lipinski definition) is 0. The number of nitrogens with zero attached hydrogens (tertiary/aromatic N) is 4. The minimum absolute atomic E-state index is 0.627. The van der Waals surface area contributed by atoms with Crippen molar-refractivity contribution in [2.45, 2.75) is 70.6 Å². The highest BCUT2D eigenvalue weighted by molar-refractivity contribution is 5.62. The van der Waals surface area contributed by atoms with Gasteiger partial charge in [-0.25, -0.2) is 0 Å². The summed E-state index contributed by atoms with van der Waals surface area (Å²) in [6.45, 7) is 3.57. The molecule has 1 fully saturated rings. The molecular weight excluding hydrogens is 580 g/mol. The fraction of sp³-hybridized carbons (Fsp3) is 0.659. The Bertz CT molecular complexity index is 1150. The maximum Gasteiger partial charge on any atom is 0.0503 e. The fourth-order valence-corrected chi connectivity index (χ4v) is 7.68. The highest BCUT2D eigenvalue weighted by Crippen LogP contribution is 2.48. The summed E-state index contributed by atoms with van der Waals surface area (Å²) in [6, 6.07) is 13.7. The van der Waals surface area contributed by atoms with E-state index >= 15 is 0 Å². The Labute approximate surface area is 288 Å². The lowest BCUT2D eigenvalue weighted by molar-refractivity contribution is 0.0260. The van der Waals surface area contributed by atoms with Crippen LogP contribution in [-0.4, -0.2) is 82.8 Å². The molecule has 1 saturated carbocycles. The summed E-state index contributed by atoms with van der Waals surface area (Å²) in [4.78, 5) is 8.86. The van der Waals surface area contributed by atoms with Crippen molar-refractivity contribution in [3.8, 4) is 0 Å². The minimum Gasteiger partial charge on any atom is -0.381 e.